The van der Waals surface area contributed by atoms with Gasteiger partial charge in [-0.3, -0.25) is 9.59 Å². The van der Waals surface area contributed by atoms with Crippen LogP contribution in [0.1, 0.15) is 30.6 Å². The molecule has 0 aliphatic rings. The zero-order valence-electron chi connectivity index (χ0n) is 14.3. The lowest BCUT2D eigenvalue weighted by molar-refractivity contribution is -0.116. The van der Waals surface area contributed by atoms with E-state index in [2.05, 4.69) is 5.32 Å². The second kappa shape index (κ2) is 9.26. The van der Waals surface area contributed by atoms with Crippen molar-refractivity contribution in [2.45, 2.75) is 20.3 Å². The van der Waals surface area contributed by atoms with E-state index in [4.69, 9.17) is 39.5 Å². The summed E-state index contributed by atoms with van der Waals surface area (Å²) in [7, 11) is 0. The Morgan fingerprint density at radius 3 is 2.23 bits per heavy atom. The second-order valence-corrected chi connectivity index (χ2v) is 7.35. The number of carbonyl (C=O) groups excluding carboxylic acids is 2. The smallest absolute Gasteiger partial charge is 0.224 e. The molecule has 26 heavy (non-hydrogen) atoms. The number of amides is 1. The Bertz CT molecular complexity index is 804. The molecule has 1 N–H and O–H groups in total. The van der Waals surface area contributed by atoms with Gasteiger partial charge in [-0.15, -0.1) is 0 Å². The van der Waals surface area contributed by atoms with Crippen molar-refractivity contribution in [1.82, 2.24) is 0 Å². The van der Waals surface area contributed by atoms with Crippen LogP contribution in [0.2, 0.25) is 15.1 Å². The Morgan fingerprint density at radius 2 is 1.62 bits per heavy atom. The summed E-state index contributed by atoms with van der Waals surface area (Å²) in [6, 6.07) is 9.54. The van der Waals surface area contributed by atoms with E-state index in [0.29, 0.717) is 27.7 Å². The monoisotopic (exact) mass is 413 g/mol. The van der Waals surface area contributed by atoms with Crippen molar-refractivity contribution in [2.75, 3.05) is 11.9 Å². The number of rotatable bonds is 7. The Balaban J connectivity index is 1.96. The van der Waals surface area contributed by atoms with Gasteiger partial charge < -0.3 is 10.1 Å². The van der Waals surface area contributed by atoms with E-state index >= 15 is 0 Å². The predicted molar refractivity (Wildman–Crippen MR) is 106 cm³/mol. The van der Waals surface area contributed by atoms with Gasteiger partial charge in [0.05, 0.1) is 15.1 Å². The van der Waals surface area contributed by atoms with Crippen molar-refractivity contribution in [3.05, 3.63) is 57.0 Å². The largest absolute Gasteiger partial charge is 0.484 e. The number of anilines is 1. The molecule has 2 aromatic rings. The summed E-state index contributed by atoms with van der Waals surface area (Å²) in [4.78, 5) is 24.0. The van der Waals surface area contributed by atoms with Gasteiger partial charge in [0.15, 0.2) is 12.4 Å². The molecule has 4 nitrogen and oxygen atoms in total. The first-order valence-electron chi connectivity index (χ1n) is 7.96. The van der Waals surface area contributed by atoms with Crippen LogP contribution < -0.4 is 10.1 Å². The van der Waals surface area contributed by atoms with Crippen molar-refractivity contribution in [3.63, 3.8) is 0 Å². The third-order valence-corrected chi connectivity index (χ3v) is 4.44. The number of nitrogens with one attached hydrogen (secondary N) is 1. The molecule has 2 rings (SSSR count). The van der Waals surface area contributed by atoms with E-state index in [1.165, 1.54) is 12.1 Å². The molecular formula is C19H18Cl3NO3. The molecule has 7 heteroatoms. The minimum absolute atomic E-state index is 0.0586. The summed E-state index contributed by atoms with van der Waals surface area (Å²) in [6.45, 7) is 3.75. The first-order valence-corrected chi connectivity index (χ1v) is 9.10. The van der Waals surface area contributed by atoms with Gasteiger partial charge in [-0.05, 0) is 36.2 Å². The van der Waals surface area contributed by atoms with Gasteiger partial charge in [-0.2, -0.15) is 0 Å². The average molecular weight is 415 g/mol. The van der Waals surface area contributed by atoms with Crippen LogP contribution in [0, 0.1) is 5.92 Å². The highest BCUT2D eigenvalue weighted by Gasteiger charge is 2.12. The van der Waals surface area contributed by atoms with Gasteiger partial charge in [0.2, 0.25) is 5.91 Å². The van der Waals surface area contributed by atoms with Crippen LogP contribution in [0.3, 0.4) is 0 Å². The van der Waals surface area contributed by atoms with Gasteiger partial charge in [-0.1, -0.05) is 48.7 Å². The number of benzene rings is 2. The zero-order valence-corrected chi connectivity index (χ0v) is 16.6. The Hall–Kier alpha value is -1.75. The van der Waals surface area contributed by atoms with Crippen molar-refractivity contribution >= 4 is 52.2 Å². The number of Topliss-reactive ketones (excluding diaryl/α,β-unsaturated/α-hetero) is 1. The number of carbonyl (C=O) groups is 2. The molecule has 0 radical (unpaired) electrons. The number of ether oxygens (including phenoxy) is 1. The minimum Gasteiger partial charge on any atom is -0.484 e. The summed E-state index contributed by atoms with van der Waals surface area (Å²) in [6.07, 6.45) is 0.443. The zero-order chi connectivity index (χ0) is 19.3. The second-order valence-electron chi connectivity index (χ2n) is 6.13. The molecule has 0 unspecified atom stereocenters. The molecule has 0 fully saturated rings. The minimum atomic E-state index is -0.229. The van der Waals surface area contributed by atoms with Crippen LogP contribution in [0.5, 0.6) is 5.75 Å². The molecule has 0 saturated heterocycles. The van der Waals surface area contributed by atoms with E-state index in [-0.39, 0.29) is 35.0 Å². The molecule has 138 valence electrons. The van der Waals surface area contributed by atoms with Crippen LogP contribution in [0.15, 0.2) is 36.4 Å². The van der Waals surface area contributed by atoms with Gasteiger partial charge in [-0.25, -0.2) is 0 Å². The lowest BCUT2D eigenvalue weighted by Gasteiger charge is -2.10. The number of halogens is 3. The molecule has 0 heterocycles. The Morgan fingerprint density at radius 1 is 1.00 bits per heavy atom. The highest BCUT2D eigenvalue weighted by atomic mass is 35.5. The van der Waals surface area contributed by atoms with Crippen molar-refractivity contribution in [3.8, 4) is 5.75 Å². The highest BCUT2D eigenvalue weighted by molar-refractivity contribution is 6.43. The maximum atomic E-state index is 12.2. The molecular weight excluding hydrogens is 397 g/mol. The first-order chi connectivity index (χ1) is 12.3. The molecule has 0 saturated carbocycles. The summed E-state index contributed by atoms with van der Waals surface area (Å²) >= 11 is 17.8. The Labute approximate surface area is 167 Å². The van der Waals surface area contributed by atoms with E-state index in [1.807, 2.05) is 13.8 Å². The molecule has 0 aromatic heterocycles. The fourth-order valence-electron chi connectivity index (χ4n) is 2.16. The van der Waals surface area contributed by atoms with Crippen LogP contribution in [0.4, 0.5) is 5.69 Å². The average Bonchev–Trinajstić information content (AvgIpc) is 2.56. The predicted octanol–water partition coefficient (Wildman–Crippen LogP) is 5.89. The molecule has 0 aliphatic carbocycles. The molecule has 0 atom stereocenters. The van der Waals surface area contributed by atoms with Gasteiger partial charge >= 0.3 is 0 Å². The van der Waals surface area contributed by atoms with Gasteiger partial charge in [0.1, 0.15) is 5.75 Å². The first kappa shape index (κ1) is 20.6. The van der Waals surface area contributed by atoms with Crippen LogP contribution in [0.25, 0.3) is 0 Å². The van der Waals surface area contributed by atoms with Crippen molar-refractivity contribution < 1.29 is 14.3 Å². The maximum Gasteiger partial charge on any atom is 0.224 e. The Kier molecular flexibility index (Phi) is 7.33. The SMILES string of the molecule is CC(C)CC(=O)Nc1ccc(C(=O)COc2cc(Cl)c(Cl)cc2Cl)cc1. The fraction of sp³-hybridized carbons (Fsp3) is 0.263. The summed E-state index contributed by atoms with van der Waals surface area (Å²) < 4.78 is 5.43. The topological polar surface area (TPSA) is 55.4 Å². The van der Waals surface area contributed by atoms with Crippen LogP contribution >= 0.6 is 34.8 Å². The number of hydrogen-bond acceptors (Lipinski definition) is 3. The van der Waals surface area contributed by atoms with E-state index in [9.17, 15) is 9.59 Å². The molecule has 1 amide bonds. The quantitative estimate of drug-likeness (QED) is 0.454. The molecule has 0 spiro atoms. The van der Waals surface area contributed by atoms with Crippen LogP contribution in [-0.4, -0.2) is 18.3 Å². The molecule has 0 bridgehead atoms. The van der Waals surface area contributed by atoms with Crippen molar-refractivity contribution in [2.24, 2.45) is 5.92 Å². The lowest BCUT2D eigenvalue weighted by atomic mass is 10.1. The maximum absolute atomic E-state index is 12.2. The summed E-state index contributed by atoms with van der Waals surface area (Å²) in [5.74, 6) is 0.275. The number of hydrogen-bond donors (Lipinski definition) is 1. The van der Waals surface area contributed by atoms with Gasteiger partial charge in [0, 0.05) is 23.7 Å². The molecule has 0 aliphatic heterocycles. The van der Waals surface area contributed by atoms with Gasteiger partial charge in [0.25, 0.3) is 0 Å². The third kappa shape index (κ3) is 5.90. The standard InChI is InChI=1S/C19H18Cl3NO3/c1-11(2)7-19(25)23-13-5-3-12(4-6-13)17(24)10-26-18-9-15(21)14(20)8-16(18)22/h3-6,8-9,11H,7,10H2,1-2H3,(H,23,25). The summed E-state index contributed by atoms with van der Waals surface area (Å²) in [5, 5.41) is 3.67. The van der Waals surface area contributed by atoms with Crippen LogP contribution in [-0.2, 0) is 4.79 Å². The van der Waals surface area contributed by atoms with E-state index in [0.717, 1.165) is 0 Å². The summed E-state index contributed by atoms with van der Waals surface area (Å²) in [5.41, 5.74) is 1.10. The third-order valence-electron chi connectivity index (χ3n) is 3.42. The lowest BCUT2D eigenvalue weighted by Crippen LogP contribution is -2.14. The molecule has 2 aromatic carbocycles. The van der Waals surface area contributed by atoms with Crippen molar-refractivity contribution in [1.29, 1.82) is 0 Å². The van der Waals surface area contributed by atoms with E-state index < -0.39 is 0 Å². The normalized spacial score (nSPS) is 10.7. The fourth-order valence-corrected chi connectivity index (χ4v) is 2.76. The highest BCUT2D eigenvalue weighted by Crippen LogP contribution is 2.33. The van der Waals surface area contributed by atoms with E-state index in [1.54, 1.807) is 24.3 Å². The number of ketones is 1.